The Kier molecular flexibility index (Phi) is 4.78. The fourth-order valence-electron chi connectivity index (χ4n) is 1.79. The quantitative estimate of drug-likeness (QED) is 0.884. The van der Waals surface area contributed by atoms with Crippen molar-refractivity contribution in [1.29, 1.82) is 0 Å². The molecule has 0 fully saturated rings. The standard InChI is InChI=1S/C15H14ClFN2O/c1-11-15(16)9-18-19(11)10-13-6-12(4-2-3-5-20)7-14(17)8-13/h6-9,20H,3,5,10H2,1H3. The van der Waals surface area contributed by atoms with Gasteiger partial charge in [-0.25, -0.2) is 4.39 Å². The molecule has 0 atom stereocenters. The van der Waals surface area contributed by atoms with Crippen LogP contribution in [0.4, 0.5) is 4.39 Å². The molecule has 0 amide bonds. The number of rotatable bonds is 3. The number of nitrogens with zero attached hydrogens (tertiary/aromatic N) is 2. The number of halogens is 2. The number of aliphatic hydroxyl groups excluding tert-OH is 1. The molecular weight excluding hydrogens is 279 g/mol. The lowest BCUT2D eigenvalue weighted by atomic mass is 10.1. The summed E-state index contributed by atoms with van der Waals surface area (Å²) >= 11 is 5.94. The van der Waals surface area contributed by atoms with E-state index < -0.39 is 0 Å². The van der Waals surface area contributed by atoms with Gasteiger partial charge in [-0.05, 0) is 30.7 Å². The highest BCUT2D eigenvalue weighted by molar-refractivity contribution is 6.31. The number of benzene rings is 1. The van der Waals surface area contributed by atoms with Crippen LogP contribution in [0.15, 0.2) is 24.4 Å². The van der Waals surface area contributed by atoms with Crippen LogP contribution in [0, 0.1) is 24.6 Å². The Labute approximate surface area is 122 Å². The van der Waals surface area contributed by atoms with E-state index in [0.29, 0.717) is 23.6 Å². The molecule has 0 saturated carbocycles. The van der Waals surface area contributed by atoms with Crippen molar-refractivity contribution in [3.05, 3.63) is 52.1 Å². The first kappa shape index (κ1) is 14.6. The van der Waals surface area contributed by atoms with Crippen molar-refractivity contribution in [2.45, 2.75) is 19.9 Å². The number of hydrogen-bond acceptors (Lipinski definition) is 2. The second-order valence-corrected chi connectivity index (χ2v) is 4.77. The Morgan fingerprint density at radius 3 is 2.85 bits per heavy atom. The monoisotopic (exact) mass is 292 g/mol. The van der Waals surface area contributed by atoms with E-state index in [1.54, 1.807) is 10.9 Å². The van der Waals surface area contributed by atoms with Gasteiger partial charge in [-0.3, -0.25) is 4.68 Å². The normalized spacial score (nSPS) is 10.2. The van der Waals surface area contributed by atoms with Gasteiger partial charge in [-0.2, -0.15) is 5.10 Å². The van der Waals surface area contributed by atoms with E-state index in [2.05, 4.69) is 16.9 Å². The molecule has 1 heterocycles. The highest BCUT2D eigenvalue weighted by atomic mass is 35.5. The zero-order valence-corrected chi connectivity index (χ0v) is 11.8. The Hall–Kier alpha value is -1.83. The summed E-state index contributed by atoms with van der Waals surface area (Å²) in [6.07, 6.45) is 1.94. The maximum Gasteiger partial charge on any atom is 0.124 e. The van der Waals surface area contributed by atoms with E-state index in [4.69, 9.17) is 16.7 Å². The van der Waals surface area contributed by atoms with Gasteiger partial charge < -0.3 is 5.11 Å². The zero-order chi connectivity index (χ0) is 14.5. The number of aromatic nitrogens is 2. The summed E-state index contributed by atoms with van der Waals surface area (Å²) in [5, 5.41) is 13.4. The van der Waals surface area contributed by atoms with Gasteiger partial charge in [0.2, 0.25) is 0 Å². The zero-order valence-electron chi connectivity index (χ0n) is 11.0. The lowest BCUT2D eigenvalue weighted by Gasteiger charge is -2.06. The molecule has 0 saturated heterocycles. The molecule has 0 bridgehead atoms. The molecule has 2 rings (SSSR count). The minimum Gasteiger partial charge on any atom is -0.395 e. The van der Waals surface area contributed by atoms with Crippen LogP contribution >= 0.6 is 11.6 Å². The topological polar surface area (TPSA) is 38.0 Å². The Morgan fingerprint density at radius 1 is 1.40 bits per heavy atom. The summed E-state index contributed by atoms with van der Waals surface area (Å²) in [7, 11) is 0. The SMILES string of the molecule is Cc1c(Cl)cnn1Cc1cc(F)cc(C#CCCO)c1. The average molecular weight is 293 g/mol. The van der Waals surface area contributed by atoms with Crippen LogP contribution in [-0.2, 0) is 6.54 Å². The summed E-state index contributed by atoms with van der Waals surface area (Å²) < 4.78 is 15.3. The minimum absolute atomic E-state index is 0.000153. The van der Waals surface area contributed by atoms with Gasteiger partial charge in [-0.1, -0.05) is 23.4 Å². The Morgan fingerprint density at radius 2 is 2.20 bits per heavy atom. The number of hydrogen-bond donors (Lipinski definition) is 1. The van der Waals surface area contributed by atoms with Crippen LogP contribution in [0.5, 0.6) is 0 Å². The first-order valence-electron chi connectivity index (χ1n) is 6.17. The van der Waals surface area contributed by atoms with Gasteiger partial charge in [-0.15, -0.1) is 0 Å². The largest absolute Gasteiger partial charge is 0.395 e. The van der Waals surface area contributed by atoms with Crippen LogP contribution in [0.25, 0.3) is 0 Å². The van der Waals surface area contributed by atoms with E-state index in [1.807, 2.05) is 13.0 Å². The van der Waals surface area contributed by atoms with Crippen LogP contribution in [0.1, 0.15) is 23.2 Å². The molecule has 1 aromatic carbocycles. The Balaban J connectivity index is 2.24. The molecule has 0 unspecified atom stereocenters. The third kappa shape index (κ3) is 3.60. The molecule has 1 aromatic heterocycles. The lowest BCUT2D eigenvalue weighted by molar-refractivity contribution is 0.305. The third-order valence-corrected chi connectivity index (χ3v) is 3.17. The maximum absolute atomic E-state index is 13.6. The first-order valence-corrected chi connectivity index (χ1v) is 6.55. The smallest absolute Gasteiger partial charge is 0.124 e. The predicted molar refractivity (Wildman–Crippen MR) is 76.1 cm³/mol. The molecule has 20 heavy (non-hydrogen) atoms. The highest BCUT2D eigenvalue weighted by Crippen LogP contribution is 2.16. The molecule has 0 radical (unpaired) electrons. The van der Waals surface area contributed by atoms with Gasteiger partial charge in [0.15, 0.2) is 0 Å². The molecular formula is C15H14ClFN2O. The van der Waals surface area contributed by atoms with Crippen molar-refractivity contribution < 1.29 is 9.50 Å². The van der Waals surface area contributed by atoms with Gasteiger partial charge in [0.25, 0.3) is 0 Å². The molecule has 3 nitrogen and oxygen atoms in total. The second kappa shape index (κ2) is 6.56. The molecule has 0 spiro atoms. The van der Waals surface area contributed by atoms with Crippen molar-refractivity contribution in [1.82, 2.24) is 9.78 Å². The predicted octanol–water partition coefficient (Wildman–Crippen LogP) is 2.77. The van der Waals surface area contributed by atoms with E-state index in [0.717, 1.165) is 11.3 Å². The summed E-state index contributed by atoms with van der Waals surface area (Å²) in [4.78, 5) is 0. The molecule has 104 valence electrons. The van der Waals surface area contributed by atoms with E-state index in [9.17, 15) is 4.39 Å². The summed E-state index contributed by atoms with van der Waals surface area (Å²) in [5.74, 6) is 5.26. The van der Waals surface area contributed by atoms with Crippen molar-refractivity contribution in [3.63, 3.8) is 0 Å². The van der Waals surface area contributed by atoms with Crippen LogP contribution < -0.4 is 0 Å². The maximum atomic E-state index is 13.6. The van der Waals surface area contributed by atoms with Crippen molar-refractivity contribution in [3.8, 4) is 11.8 Å². The van der Waals surface area contributed by atoms with E-state index >= 15 is 0 Å². The van der Waals surface area contributed by atoms with Crippen molar-refractivity contribution in [2.75, 3.05) is 6.61 Å². The molecule has 5 heteroatoms. The van der Waals surface area contributed by atoms with Gasteiger partial charge >= 0.3 is 0 Å². The third-order valence-electron chi connectivity index (χ3n) is 2.80. The second-order valence-electron chi connectivity index (χ2n) is 4.36. The van der Waals surface area contributed by atoms with Gasteiger partial charge in [0, 0.05) is 12.0 Å². The van der Waals surface area contributed by atoms with Crippen LogP contribution in [0.2, 0.25) is 5.02 Å². The minimum atomic E-state index is -0.341. The molecule has 1 N–H and O–H groups in total. The molecule has 0 aliphatic rings. The fourth-order valence-corrected chi connectivity index (χ4v) is 1.93. The van der Waals surface area contributed by atoms with E-state index in [-0.39, 0.29) is 12.4 Å². The van der Waals surface area contributed by atoms with Crippen molar-refractivity contribution >= 4 is 11.6 Å². The van der Waals surface area contributed by atoms with Crippen LogP contribution in [-0.4, -0.2) is 21.5 Å². The average Bonchev–Trinajstić information content (AvgIpc) is 2.71. The van der Waals surface area contributed by atoms with Gasteiger partial charge in [0.1, 0.15) is 5.82 Å². The highest BCUT2D eigenvalue weighted by Gasteiger charge is 2.06. The van der Waals surface area contributed by atoms with E-state index in [1.165, 1.54) is 12.1 Å². The van der Waals surface area contributed by atoms with Crippen LogP contribution in [0.3, 0.4) is 0 Å². The van der Waals surface area contributed by atoms with Gasteiger partial charge in [0.05, 0.1) is 30.1 Å². The number of aliphatic hydroxyl groups is 1. The molecule has 0 aliphatic carbocycles. The first-order chi connectivity index (χ1) is 9.60. The Bertz CT molecular complexity index is 670. The lowest BCUT2D eigenvalue weighted by Crippen LogP contribution is -2.04. The van der Waals surface area contributed by atoms with Crippen molar-refractivity contribution in [2.24, 2.45) is 0 Å². The molecule has 0 aliphatic heterocycles. The fraction of sp³-hybridized carbons (Fsp3) is 0.267. The summed E-state index contributed by atoms with van der Waals surface area (Å²) in [5.41, 5.74) is 2.19. The summed E-state index contributed by atoms with van der Waals surface area (Å²) in [6, 6.07) is 4.63. The summed E-state index contributed by atoms with van der Waals surface area (Å²) in [6.45, 7) is 2.29. The molecule has 2 aromatic rings.